The molecule has 5 heteroatoms. The molecule has 0 spiro atoms. The highest BCUT2D eigenvalue weighted by Gasteiger charge is 2.13. The van der Waals surface area contributed by atoms with Crippen molar-refractivity contribution in [1.82, 2.24) is 0 Å². The van der Waals surface area contributed by atoms with Crippen LogP contribution >= 0.6 is 11.6 Å². The van der Waals surface area contributed by atoms with Crippen molar-refractivity contribution in [2.45, 2.75) is 6.92 Å². The number of rotatable bonds is 1. The van der Waals surface area contributed by atoms with Crippen molar-refractivity contribution in [3.05, 3.63) is 68.0 Å². The Kier molecular flexibility index (Phi) is 2.95. The SMILES string of the molecule is Cc1cc2occ(-c3ccc(Cl)cc3)c(=O)c2c(=O)o1. The summed E-state index contributed by atoms with van der Waals surface area (Å²) in [4.78, 5) is 24.2. The highest BCUT2D eigenvalue weighted by molar-refractivity contribution is 6.30. The van der Waals surface area contributed by atoms with Crippen molar-refractivity contribution < 1.29 is 8.83 Å². The Morgan fingerprint density at radius 2 is 1.80 bits per heavy atom. The maximum absolute atomic E-state index is 12.4. The second kappa shape index (κ2) is 4.65. The lowest BCUT2D eigenvalue weighted by atomic mass is 10.1. The molecule has 1 aromatic carbocycles. The third-order valence-corrected chi connectivity index (χ3v) is 3.22. The van der Waals surface area contributed by atoms with Gasteiger partial charge in [0, 0.05) is 11.1 Å². The molecule has 3 rings (SSSR count). The third-order valence-electron chi connectivity index (χ3n) is 2.97. The first-order valence-electron chi connectivity index (χ1n) is 5.88. The zero-order valence-electron chi connectivity index (χ0n) is 10.5. The van der Waals surface area contributed by atoms with Gasteiger partial charge in [-0.15, -0.1) is 0 Å². The van der Waals surface area contributed by atoms with Gasteiger partial charge in [-0.3, -0.25) is 4.79 Å². The molecule has 0 N–H and O–H groups in total. The normalized spacial score (nSPS) is 10.9. The lowest BCUT2D eigenvalue weighted by Crippen LogP contribution is -2.14. The molecule has 2 aromatic heterocycles. The lowest BCUT2D eigenvalue weighted by Gasteiger charge is -2.02. The van der Waals surface area contributed by atoms with Crippen LogP contribution in [0.2, 0.25) is 5.02 Å². The second-order valence-electron chi connectivity index (χ2n) is 4.37. The molecule has 0 aliphatic carbocycles. The average Bonchev–Trinajstić information content (AvgIpc) is 2.39. The Morgan fingerprint density at radius 1 is 1.10 bits per heavy atom. The van der Waals surface area contributed by atoms with Crippen LogP contribution < -0.4 is 11.1 Å². The smallest absolute Gasteiger partial charge is 0.351 e. The molecular formula is C15H9ClO4. The maximum Gasteiger partial charge on any atom is 0.351 e. The topological polar surface area (TPSA) is 60.4 Å². The summed E-state index contributed by atoms with van der Waals surface area (Å²) in [5.74, 6) is 0.393. The summed E-state index contributed by atoms with van der Waals surface area (Å²) in [7, 11) is 0. The molecule has 0 radical (unpaired) electrons. The van der Waals surface area contributed by atoms with Gasteiger partial charge in [0.15, 0.2) is 5.39 Å². The predicted molar refractivity (Wildman–Crippen MR) is 76.2 cm³/mol. The second-order valence-corrected chi connectivity index (χ2v) is 4.81. The third kappa shape index (κ3) is 2.04. The van der Waals surface area contributed by atoms with Crippen LogP contribution in [0.3, 0.4) is 0 Å². The van der Waals surface area contributed by atoms with E-state index < -0.39 is 11.1 Å². The molecule has 0 unspecified atom stereocenters. The molecule has 3 aromatic rings. The highest BCUT2D eigenvalue weighted by atomic mass is 35.5. The van der Waals surface area contributed by atoms with Crippen molar-refractivity contribution in [2.75, 3.05) is 0 Å². The standard InChI is InChI=1S/C15H9ClO4/c1-8-6-12-13(15(18)20-8)14(17)11(7-19-12)9-2-4-10(16)5-3-9/h2-7H,1H3. The fourth-order valence-corrected chi connectivity index (χ4v) is 2.15. The van der Waals surface area contributed by atoms with Gasteiger partial charge in [0.2, 0.25) is 5.43 Å². The van der Waals surface area contributed by atoms with Crippen LogP contribution in [0, 0.1) is 6.92 Å². The number of fused-ring (bicyclic) bond motifs is 1. The Morgan fingerprint density at radius 3 is 2.50 bits per heavy atom. The van der Waals surface area contributed by atoms with Gasteiger partial charge in [-0.1, -0.05) is 23.7 Å². The van der Waals surface area contributed by atoms with Crippen LogP contribution in [0.5, 0.6) is 0 Å². The van der Waals surface area contributed by atoms with Gasteiger partial charge in [-0.2, -0.15) is 0 Å². The maximum atomic E-state index is 12.4. The van der Waals surface area contributed by atoms with E-state index in [1.54, 1.807) is 31.2 Å². The largest absolute Gasteiger partial charge is 0.463 e. The predicted octanol–water partition coefficient (Wildman–Crippen LogP) is 3.38. The van der Waals surface area contributed by atoms with E-state index in [9.17, 15) is 9.59 Å². The van der Waals surface area contributed by atoms with Crippen LogP contribution in [0.4, 0.5) is 0 Å². The van der Waals surface area contributed by atoms with E-state index in [0.717, 1.165) is 0 Å². The molecule has 100 valence electrons. The van der Waals surface area contributed by atoms with E-state index in [-0.39, 0.29) is 11.0 Å². The minimum Gasteiger partial charge on any atom is -0.463 e. The average molecular weight is 289 g/mol. The number of halogens is 1. The molecule has 20 heavy (non-hydrogen) atoms. The van der Waals surface area contributed by atoms with E-state index in [2.05, 4.69) is 0 Å². The monoisotopic (exact) mass is 288 g/mol. The molecule has 4 nitrogen and oxygen atoms in total. The van der Waals surface area contributed by atoms with Crippen LogP contribution in [0.1, 0.15) is 5.76 Å². The summed E-state index contributed by atoms with van der Waals surface area (Å²) >= 11 is 5.81. The Bertz CT molecular complexity index is 904. The number of hydrogen-bond acceptors (Lipinski definition) is 4. The van der Waals surface area contributed by atoms with Gasteiger partial charge in [0.1, 0.15) is 17.6 Å². The van der Waals surface area contributed by atoms with Crippen molar-refractivity contribution in [3.63, 3.8) is 0 Å². The molecular weight excluding hydrogens is 280 g/mol. The fraction of sp³-hybridized carbons (Fsp3) is 0.0667. The molecule has 0 amide bonds. The Labute approximate surface area is 118 Å². The molecule has 0 saturated carbocycles. The lowest BCUT2D eigenvalue weighted by molar-refractivity contribution is 0.481. The molecule has 2 heterocycles. The zero-order valence-corrected chi connectivity index (χ0v) is 11.2. The van der Waals surface area contributed by atoms with Crippen molar-refractivity contribution in [2.24, 2.45) is 0 Å². The minimum atomic E-state index is -0.690. The molecule has 0 aliphatic rings. The van der Waals surface area contributed by atoms with Crippen molar-refractivity contribution in [1.29, 1.82) is 0 Å². The van der Waals surface area contributed by atoms with Crippen LogP contribution in [-0.2, 0) is 0 Å². The van der Waals surface area contributed by atoms with Gasteiger partial charge in [0.25, 0.3) is 0 Å². The van der Waals surface area contributed by atoms with E-state index in [1.165, 1.54) is 12.3 Å². The summed E-state index contributed by atoms with van der Waals surface area (Å²) in [5, 5.41) is 0.483. The zero-order chi connectivity index (χ0) is 14.3. The van der Waals surface area contributed by atoms with Gasteiger partial charge in [-0.05, 0) is 24.6 Å². The highest BCUT2D eigenvalue weighted by Crippen LogP contribution is 2.20. The van der Waals surface area contributed by atoms with Crippen LogP contribution in [0.25, 0.3) is 22.1 Å². The van der Waals surface area contributed by atoms with E-state index in [1.807, 2.05) is 0 Å². The Balaban J connectivity index is 2.34. The fourth-order valence-electron chi connectivity index (χ4n) is 2.02. The molecule has 0 atom stereocenters. The molecule has 0 saturated heterocycles. The van der Waals surface area contributed by atoms with E-state index in [4.69, 9.17) is 20.4 Å². The Hall–Kier alpha value is -2.33. The first-order chi connectivity index (χ1) is 9.56. The minimum absolute atomic E-state index is 0.0805. The summed E-state index contributed by atoms with van der Waals surface area (Å²) in [5.41, 5.74) is 0.0451. The van der Waals surface area contributed by atoms with Gasteiger partial charge in [-0.25, -0.2) is 4.79 Å². The summed E-state index contributed by atoms with van der Waals surface area (Å²) in [6, 6.07) is 8.23. The van der Waals surface area contributed by atoms with Crippen molar-refractivity contribution in [3.8, 4) is 11.1 Å². The summed E-state index contributed by atoms with van der Waals surface area (Å²) < 4.78 is 10.3. The molecule has 0 aliphatic heterocycles. The molecule has 0 bridgehead atoms. The number of hydrogen-bond donors (Lipinski definition) is 0. The summed E-state index contributed by atoms with van der Waals surface area (Å²) in [6.07, 6.45) is 1.34. The first-order valence-corrected chi connectivity index (χ1v) is 6.26. The van der Waals surface area contributed by atoms with Crippen molar-refractivity contribution >= 4 is 22.6 Å². The van der Waals surface area contributed by atoms with E-state index in [0.29, 0.717) is 21.9 Å². The number of aryl methyl sites for hydroxylation is 1. The van der Waals surface area contributed by atoms with Gasteiger partial charge < -0.3 is 8.83 Å². The van der Waals surface area contributed by atoms with Crippen LogP contribution in [0.15, 0.2) is 55.0 Å². The quantitative estimate of drug-likeness (QED) is 0.689. The van der Waals surface area contributed by atoms with Crippen LogP contribution in [-0.4, -0.2) is 0 Å². The van der Waals surface area contributed by atoms with E-state index >= 15 is 0 Å². The van der Waals surface area contributed by atoms with Gasteiger partial charge >= 0.3 is 5.63 Å². The number of benzene rings is 1. The first kappa shape index (κ1) is 12.7. The van der Waals surface area contributed by atoms with Gasteiger partial charge in [0.05, 0.1) is 5.56 Å². The molecule has 0 fully saturated rings. The summed E-state index contributed by atoms with van der Waals surface area (Å²) in [6.45, 7) is 1.62.